The Hall–Kier alpha value is -3.50. The molecule has 0 spiro atoms. The van der Waals surface area contributed by atoms with E-state index in [2.05, 4.69) is 60.8 Å². The van der Waals surface area contributed by atoms with Crippen LogP contribution in [0.25, 0.3) is 0 Å². The summed E-state index contributed by atoms with van der Waals surface area (Å²) in [5, 5.41) is 28.2. The second-order valence-corrected chi connectivity index (χ2v) is 12.0. The van der Waals surface area contributed by atoms with Gasteiger partial charge < -0.3 is 52.2 Å². The van der Waals surface area contributed by atoms with Crippen LogP contribution in [0.15, 0.2) is 36.4 Å². The van der Waals surface area contributed by atoms with E-state index in [1.165, 1.54) is 0 Å². The first-order valence-electron chi connectivity index (χ1n) is 14.6. The number of aromatic hydroxyl groups is 1. The van der Waals surface area contributed by atoms with Crippen LogP contribution in [0.4, 0.5) is 11.5 Å². The third kappa shape index (κ3) is 17.8. The minimum atomic E-state index is -1.26. The normalized spacial score (nSPS) is 13.7. The molecule has 46 heavy (non-hydrogen) atoms. The number of nitrogens with one attached hydrogen (secondary N) is 1. The Morgan fingerprint density at radius 3 is 2.22 bits per heavy atom. The van der Waals surface area contributed by atoms with E-state index in [-0.39, 0.29) is 36.6 Å². The Morgan fingerprint density at radius 1 is 1.11 bits per heavy atom. The van der Waals surface area contributed by atoms with E-state index >= 15 is 0 Å². The molecule has 0 saturated carbocycles. The first-order valence-corrected chi connectivity index (χ1v) is 15.3. The fraction of sp³-hybridized carbons (Fsp3) is 0.567. The number of ether oxygens (including phenoxy) is 3. The summed E-state index contributed by atoms with van der Waals surface area (Å²) in [6.07, 6.45) is 1.07. The highest BCUT2D eigenvalue weighted by Crippen LogP contribution is 2.26. The third-order valence-corrected chi connectivity index (χ3v) is 6.80. The first kappa shape index (κ1) is 42.5. The summed E-state index contributed by atoms with van der Waals surface area (Å²) in [7, 11) is 4.24. The summed E-state index contributed by atoms with van der Waals surface area (Å²) in [6.45, 7) is 14.7. The van der Waals surface area contributed by atoms with Crippen molar-refractivity contribution in [1.82, 2.24) is 18.5 Å². The van der Waals surface area contributed by atoms with Crippen molar-refractivity contribution in [3.05, 3.63) is 36.4 Å². The van der Waals surface area contributed by atoms with Gasteiger partial charge in [0.2, 0.25) is 5.82 Å². The maximum Gasteiger partial charge on any atom is 0.328 e. The number of benzene rings is 1. The van der Waals surface area contributed by atoms with Gasteiger partial charge >= 0.3 is 17.9 Å². The number of carboxylic acid groups (broad SMARTS) is 2. The number of hydrogen-bond acceptors (Lipinski definition) is 12. The molecule has 0 unspecified atom stereocenters. The number of hydrogen-bond donors (Lipinski definition) is 4. The summed E-state index contributed by atoms with van der Waals surface area (Å²) in [5.41, 5.74) is 1.07. The Labute approximate surface area is 281 Å². The molecular formula is C30H48ClN5O9S. The molecule has 1 aromatic heterocycles. The number of aliphatic carboxylic acids is 2. The molecule has 1 aromatic carbocycles. The van der Waals surface area contributed by atoms with Crippen LogP contribution < -0.4 is 31.8 Å². The van der Waals surface area contributed by atoms with Crippen molar-refractivity contribution in [2.24, 2.45) is 0 Å². The van der Waals surface area contributed by atoms with Gasteiger partial charge in [-0.15, -0.1) is 4.37 Å². The van der Waals surface area contributed by atoms with E-state index in [0.29, 0.717) is 50.0 Å². The number of aromatic nitrogens is 2. The van der Waals surface area contributed by atoms with Crippen LogP contribution in [0.3, 0.4) is 0 Å². The SMILES string of the molecule is CCC(=O)O[C@@H](CNC(C)(C)C)COc1nsnc1N1CCOCC1.CC[N+](C)(C)c1cccc(O)c1.O=C(O)/C=C\C(=O)O.[Cl-]. The fourth-order valence-corrected chi connectivity index (χ4v) is 3.95. The van der Waals surface area contributed by atoms with Gasteiger partial charge in [0, 0.05) is 49.8 Å². The molecule has 1 fully saturated rings. The number of rotatable bonds is 12. The lowest BCUT2D eigenvalue weighted by Gasteiger charge is -2.27. The molecule has 0 bridgehead atoms. The molecule has 2 heterocycles. The Bertz CT molecular complexity index is 1220. The summed E-state index contributed by atoms with van der Waals surface area (Å²) >= 11 is 1.12. The van der Waals surface area contributed by atoms with Crippen LogP contribution in [-0.2, 0) is 23.9 Å². The monoisotopic (exact) mass is 689 g/mol. The summed E-state index contributed by atoms with van der Waals surface area (Å²) in [6, 6.07) is 7.41. The van der Waals surface area contributed by atoms with Gasteiger partial charge in [0.15, 0.2) is 0 Å². The maximum atomic E-state index is 11.7. The highest BCUT2D eigenvalue weighted by Gasteiger charge is 2.23. The predicted molar refractivity (Wildman–Crippen MR) is 173 cm³/mol. The van der Waals surface area contributed by atoms with Crippen LogP contribution in [0.5, 0.6) is 11.6 Å². The number of phenolic OH excluding ortho intramolecular Hbond substituents is 1. The number of carbonyl (C=O) groups excluding carboxylic acids is 1. The van der Waals surface area contributed by atoms with E-state index in [9.17, 15) is 19.5 Å². The van der Waals surface area contributed by atoms with Gasteiger partial charge in [-0.1, -0.05) is 13.0 Å². The smallest absolute Gasteiger partial charge is 0.328 e. The van der Waals surface area contributed by atoms with E-state index in [0.717, 1.165) is 47.4 Å². The molecule has 260 valence electrons. The van der Waals surface area contributed by atoms with E-state index in [4.69, 9.17) is 24.4 Å². The number of nitrogens with zero attached hydrogens (tertiary/aromatic N) is 4. The molecule has 16 heteroatoms. The summed E-state index contributed by atoms with van der Waals surface area (Å²) < 4.78 is 26.0. The molecule has 1 atom stereocenters. The van der Waals surface area contributed by atoms with Gasteiger partial charge in [0.25, 0.3) is 5.88 Å². The molecule has 1 aliphatic heterocycles. The van der Waals surface area contributed by atoms with Crippen molar-refractivity contribution in [3.8, 4) is 11.6 Å². The maximum absolute atomic E-state index is 11.7. The van der Waals surface area contributed by atoms with Crippen molar-refractivity contribution in [1.29, 1.82) is 0 Å². The Kier molecular flexibility index (Phi) is 19.7. The quantitative estimate of drug-likeness (QED) is 0.135. The zero-order chi connectivity index (χ0) is 34.0. The standard InChI is InChI=1S/C16H28N4O4S.C10H15NO.C4H4O4.ClH/c1-5-13(21)24-12(10-17-16(2,3)4)11-23-15-14(18-25-19-15)20-6-8-22-9-7-20;1-4-11(2,3)9-6-5-7-10(12)8-9;5-3(6)1-2-4(7)8;/h12,17H,5-11H2,1-4H3;5-8H,4H2,1-3H3;1-2H,(H,5,6)(H,7,8);1H/b;;2-1-;/t12-;;;/m0.../s1. The second kappa shape index (κ2) is 21.3. The van der Waals surface area contributed by atoms with Gasteiger partial charge in [-0.25, -0.2) is 9.59 Å². The summed E-state index contributed by atoms with van der Waals surface area (Å²) in [5.74, 6) is -1.20. The van der Waals surface area contributed by atoms with Gasteiger partial charge in [-0.3, -0.25) is 9.28 Å². The highest BCUT2D eigenvalue weighted by molar-refractivity contribution is 6.99. The van der Waals surface area contributed by atoms with Crippen molar-refractivity contribution >= 4 is 41.1 Å². The second-order valence-electron chi connectivity index (χ2n) is 11.4. The number of quaternary nitrogens is 1. The van der Waals surface area contributed by atoms with Crippen molar-refractivity contribution < 1.29 is 56.3 Å². The molecule has 1 aliphatic rings. The molecular weight excluding hydrogens is 642 g/mol. The lowest BCUT2D eigenvalue weighted by molar-refractivity contribution is -0.150. The van der Waals surface area contributed by atoms with Gasteiger partial charge in [0.1, 0.15) is 24.1 Å². The number of carboxylic acids is 2. The fourth-order valence-electron chi connectivity index (χ4n) is 3.43. The number of morpholine rings is 1. The van der Waals surface area contributed by atoms with Crippen LogP contribution >= 0.6 is 11.7 Å². The van der Waals surface area contributed by atoms with E-state index < -0.39 is 11.9 Å². The van der Waals surface area contributed by atoms with Crippen LogP contribution in [0, 0.1) is 0 Å². The van der Waals surface area contributed by atoms with Crippen molar-refractivity contribution in [2.75, 3.05) is 65.0 Å². The Morgan fingerprint density at radius 2 is 1.72 bits per heavy atom. The lowest BCUT2D eigenvalue weighted by atomic mass is 10.1. The van der Waals surface area contributed by atoms with Crippen LogP contribution in [0.1, 0.15) is 41.0 Å². The largest absolute Gasteiger partial charge is 1.00 e. The zero-order valence-electron chi connectivity index (χ0n) is 27.6. The Balaban J connectivity index is 0.000000799. The molecule has 0 amide bonds. The van der Waals surface area contributed by atoms with Crippen LogP contribution in [0.2, 0.25) is 0 Å². The minimum absolute atomic E-state index is 0. The predicted octanol–water partition coefficient (Wildman–Crippen LogP) is 0.158. The van der Waals surface area contributed by atoms with Crippen LogP contribution in [-0.4, -0.2) is 114 Å². The van der Waals surface area contributed by atoms with E-state index in [1.807, 2.05) is 18.2 Å². The first-order chi connectivity index (χ1) is 21.1. The van der Waals surface area contributed by atoms with Gasteiger partial charge in [-0.05, 0) is 39.8 Å². The molecule has 3 rings (SSSR count). The minimum Gasteiger partial charge on any atom is -1.00 e. The number of esters is 1. The number of phenols is 1. The molecule has 4 N–H and O–H groups in total. The number of carbonyl (C=O) groups is 3. The molecule has 1 saturated heterocycles. The van der Waals surface area contributed by atoms with Gasteiger partial charge in [-0.2, -0.15) is 4.37 Å². The zero-order valence-corrected chi connectivity index (χ0v) is 29.1. The number of halogens is 1. The summed E-state index contributed by atoms with van der Waals surface area (Å²) in [4.78, 5) is 32.9. The lowest BCUT2D eigenvalue weighted by Crippen LogP contribution is -3.00. The average molecular weight is 690 g/mol. The molecule has 2 aromatic rings. The molecule has 0 aliphatic carbocycles. The third-order valence-electron chi connectivity index (χ3n) is 6.29. The highest BCUT2D eigenvalue weighted by atomic mass is 35.5. The molecule has 0 radical (unpaired) electrons. The van der Waals surface area contributed by atoms with Gasteiger partial charge in [0.05, 0.1) is 45.6 Å². The van der Waals surface area contributed by atoms with E-state index in [1.54, 1.807) is 13.0 Å². The average Bonchev–Trinajstić information content (AvgIpc) is 3.47. The van der Waals surface area contributed by atoms with Crippen molar-refractivity contribution in [3.63, 3.8) is 0 Å². The number of anilines is 1. The topological polar surface area (TPSA) is 181 Å². The molecule has 14 nitrogen and oxygen atoms in total. The van der Waals surface area contributed by atoms with Crippen molar-refractivity contribution in [2.45, 2.75) is 52.7 Å².